The van der Waals surface area contributed by atoms with E-state index in [-0.39, 0.29) is 0 Å². The first-order valence-corrected chi connectivity index (χ1v) is 16.9. The van der Waals surface area contributed by atoms with E-state index in [9.17, 15) is 0 Å². The van der Waals surface area contributed by atoms with Gasteiger partial charge in [-0.05, 0) is 0 Å². The van der Waals surface area contributed by atoms with Crippen molar-refractivity contribution in [3.05, 3.63) is 141 Å². The van der Waals surface area contributed by atoms with Crippen LogP contribution in [0.3, 0.4) is 0 Å². The Labute approximate surface area is 204 Å². The van der Waals surface area contributed by atoms with E-state index in [1.807, 2.05) is 0 Å². The van der Waals surface area contributed by atoms with Gasteiger partial charge in [-0.2, -0.15) is 0 Å². The zero-order chi connectivity index (χ0) is 22.8. The van der Waals surface area contributed by atoms with Gasteiger partial charge in [-0.3, -0.25) is 0 Å². The van der Waals surface area contributed by atoms with Crippen LogP contribution in [0.2, 0.25) is 0 Å². The molecule has 33 heavy (non-hydrogen) atoms. The molecule has 2 heteroatoms. The standard InChI is InChI=1S/C13H15Si.3C6H5.Pt/c1-9-6-10(2)8-11(7-9)12-4-3-5-13(12)14;3*1-2-4-6-5-3-1;/h4,6-8H,3H2,1-2,14H3;3*1-5H;. The van der Waals surface area contributed by atoms with Crippen molar-refractivity contribution in [1.82, 2.24) is 0 Å². The van der Waals surface area contributed by atoms with Gasteiger partial charge >= 0.3 is 205 Å². The van der Waals surface area contributed by atoms with Gasteiger partial charge in [-0.15, -0.1) is 0 Å². The van der Waals surface area contributed by atoms with E-state index < -0.39 is 16.1 Å². The molecule has 0 amide bonds. The summed E-state index contributed by atoms with van der Waals surface area (Å²) in [6, 6.07) is 41.1. The third-order valence-corrected chi connectivity index (χ3v) is 19.8. The SMILES string of the molecule is Cc1cc(C)cc(C2=CC[C]([Pt]([c]3ccccc3)([c]3ccccc3)[c]3ccccc3)=C2[SiH3])c1. The van der Waals surface area contributed by atoms with Crippen molar-refractivity contribution < 1.29 is 16.1 Å². The first-order valence-electron chi connectivity index (χ1n) is 11.4. The fourth-order valence-corrected chi connectivity index (χ4v) is 19.2. The van der Waals surface area contributed by atoms with Crippen LogP contribution in [0.4, 0.5) is 0 Å². The van der Waals surface area contributed by atoms with Crippen molar-refractivity contribution in [2.75, 3.05) is 0 Å². The van der Waals surface area contributed by atoms with E-state index in [0.717, 1.165) is 16.7 Å². The summed E-state index contributed by atoms with van der Waals surface area (Å²) in [5.74, 6) is 0. The number of aryl methyl sites for hydroxylation is 2. The molecular weight excluding hydrogens is 596 g/mol. The number of rotatable bonds is 5. The normalized spacial score (nSPS) is 14.4. The average Bonchev–Trinajstić information content (AvgIpc) is 3.23. The van der Waals surface area contributed by atoms with Gasteiger partial charge in [-0.1, -0.05) is 0 Å². The van der Waals surface area contributed by atoms with Crippen molar-refractivity contribution in [1.29, 1.82) is 0 Å². The summed E-state index contributed by atoms with van der Waals surface area (Å²) in [7, 11) is 1.04. The van der Waals surface area contributed by atoms with Gasteiger partial charge in [0.2, 0.25) is 0 Å². The summed E-state index contributed by atoms with van der Waals surface area (Å²) >= 11 is -3.02. The number of hydrogen-bond donors (Lipinski definition) is 0. The van der Waals surface area contributed by atoms with Crippen molar-refractivity contribution in [3.63, 3.8) is 0 Å². The minimum absolute atomic E-state index is 1.04. The quantitative estimate of drug-likeness (QED) is 0.280. The Hall–Kier alpha value is -2.73. The van der Waals surface area contributed by atoms with Crippen LogP contribution in [-0.4, -0.2) is 10.2 Å². The Balaban J connectivity index is 1.81. The summed E-state index contributed by atoms with van der Waals surface area (Å²) in [4.78, 5) is 0. The molecule has 0 spiro atoms. The van der Waals surface area contributed by atoms with Crippen molar-refractivity contribution in [3.8, 4) is 0 Å². The van der Waals surface area contributed by atoms with E-state index in [1.165, 1.54) is 34.1 Å². The molecule has 0 N–H and O–H groups in total. The molecule has 0 aromatic heterocycles. The third kappa shape index (κ3) is 3.94. The summed E-state index contributed by atoms with van der Waals surface area (Å²) in [6.07, 6.45) is 3.57. The second kappa shape index (κ2) is 9.25. The van der Waals surface area contributed by atoms with Crippen molar-refractivity contribution >= 4 is 27.7 Å². The molecule has 1 aliphatic carbocycles. The molecule has 1 aliphatic rings. The Bertz CT molecular complexity index is 1220. The molecule has 0 atom stereocenters. The second-order valence-electron chi connectivity index (χ2n) is 8.45. The minimum atomic E-state index is -3.02. The molecule has 4 aromatic rings. The van der Waals surface area contributed by atoms with Crippen molar-refractivity contribution in [2.24, 2.45) is 0 Å². The Morgan fingerprint density at radius 1 is 0.606 bits per heavy atom. The van der Waals surface area contributed by atoms with Crippen LogP contribution in [0.15, 0.2) is 124 Å². The summed E-state index contributed by atoms with van der Waals surface area (Å²) in [5.41, 5.74) is 5.54. The topological polar surface area (TPSA) is 0 Å². The van der Waals surface area contributed by atoms with E-state index in [1.54, 1.807) is 9.16 Å². The van der Waals surface area contributed by atoms with Crippen LogP contribution in [0.25, 0.3) is 5.57 Å². The average molecular weight is 626 g/mol. The van der Waals surface area contributed by atoms with Gasteiger partial charge in [0.15, 0.2) is 0 Å². The molecule has 0 bridgehead atoms. The van der Waals surface area contributed by atoms with Crippen LogP contribution < -0.4 is 11.9 Å². The van der Waals surface area contributed by atoms with Crippen LogP contribution in [-0.2, 0) is 16.1 Å². The van der Waals surface area contributed by atoms with Gasteiger partial charge in [0.05, 0.1) is 0 Å². The molecule has 5 rings (SSSR count). The molecule has 0 saturated carbocycles. The number of benzene rings is 4. The first-order chi connectivity index (χ1) is 16.1. The van der Waals surface area contributed by atoms with Gasteiger partial charge in [0, 0.05) is 0 Å². The fraction of sp³-hybridized carbons (Fsp3) is 0.0968. The fourth-order valence-electron chi connectivity index (χ4n) is 4.70. The predicted molar refractivity (Wildman–Crippen MR) is 144 cm³/mol. The van der Waals surface area contributed by atoms with Crippen LogP contribution in [0.5, 0.6) is 0 Å². The maximum absolute atomic E-state index is 3.02. The van der Waals surface area contributed by atoms with Gasteiger partial charge in [-0.25, -0.2) is 0 Å². The maximum atomic E-state index is 2.51. The molecule has 0 aliphatic heterocycles. The monoisotopic (exact) mass is 625 g/mol. The molecule has 0 radical (unpaired) electrons. The van der Waals surface area contributed by atoms with Gasteiger partial charge in [0.25, 0.3) is 0 Å². The number of allylic oxidation sites excluding steroid dienone is 4. The Kier molecular flexibility index (Phi) is 6.19. The molecule has 0 unspecified atom stereocenters. The van der Waals surface area contributed by atoms with Crippen LogP contribution in [0, 0.1) is 13.8 Å². The second-order valence-corrected chi connectivity index (χ2v) is 18.2. The zero-order valence-corrected chi connectivity index (χ0v) is 23.8. The van der Waals surface area contributed by atoms with E-state index in [2.05, 4.69) is 129 Å². The van der Waals surface area contributed by atoms with Gasteiger partial charge in [0.1, 0.15) is 0 Å². The molecule has 0 nitrogen and oxygen atoms in total. The summed E-state index contributed by atoms with van der Waals surface area (Å²) in [6.45, 7) is 4.42. The predicted octanol–water partition coefficient (Wildman–Crippen LogP) is 4.80. The van der Waals surface area contributed by atoms with Crippen LogP contribution >= 0.6 is 0 Å². The van der Waals surface area contributed by atoms with Gasteiger partial charge < -0.3 is 0 Å². The number of hydrogen-bond acceptors (Lipinski definition) is 0. The van der Waals surface area contributed by atoms with E-state index in [0.29, 0.717) is 0 Å². The van der Waals surface area contributed by atoms with Crippen molar-refractivity contribution in [2.45, 2.75) is 20.3 Å². The molecule has 168 valence electrons. The summed E-state index contributed by atoms with van der Waals surface area (Å²) < 4.78 is 6.24. The Morgan fingerprint density at radius 3 is 1.45 bits per heavy atom. The molecular formula is C31H30PtSi. The Morgan fingerprint density at radius 2 is 1.03 bits per heavy atom. The molecule has 0 heterocycles. The molecule has 0 saturated heterocycles. The third-order valence-electron chi connectivity index (χ3n) is 6.04. The van der Waals surface area contributed by atoms with E-state index >= 15 is 0 Å². The van der Waals surface area contributed by atoms with E-state index in [4.69, 9.17) is 0 Å². The van der Waals surface area contributed by atoms with Crippen LogP contribution in [0.1, 0.15) is 23.1 Å². The summed E-state index contributed by atoms with van der Waals surface area (Å²) in [5, 5.41) is 1.60. The molecule has 4 aromatic carbocycles. The zero-order valence-electron chi connectivity index (χ0n) is 19.5. The first kappa shape index (κ1) is 22.1. The molecule has 0 fully saturated rings.